The van der Waals surface area contributed by atoms with E-state index >= 15 is 0 Å². The molecule has 4 heteroatoms. The summed E-state index contributed by atoms with van der Waals surface area (Å²) in [5, 5.41) is 9.48. The molecule has 0 aromatic rings. The standard InChI is InChI=1S/C8H14BrNO2/c1-7(2,9)5-6(11)12-8(3,4)10-5/h6,11H,1-4H3. The Labute approximate surface area is 81.0 Å². The first-order chi connectivity index (χ1) is 5.22. The molecule has 0 aromatic heterocycles. The Balaban J connectivity index is 2.92. The van der Waals surface area contributed by atoms with Gasteiger partial charge in [-0.1, -0.05) is 15.9 Å². The Kier molecular flexibility index (Phi) is 2.36. The first kappa shape index (κ1) is 10.2. The van der Waals surface area contributed by atoms with Crippen LogP contribution in [0.5, 0.6) is 0 Å². The topological polar surface area (TPSA) is 41.8 Å². The summed E-state index contributed by atoms with van der Waals surface area (Å²) >= 11 is 3.43. The van der Waals surface area contributed by atoms with E-state index in [9.17, 15) is 5.11 Å². The maximum atomic E-state index is 9.48. The van der Waals surface area contributed by atoms with Gasteiger partial charge in [-0.25, -0.2) is 0 Å². The molecular formula is C8H14BrNO2. The zero-order valence-electron chi connectivity index (χ0n) is 7.76. The predicted molar refractivity (Wildman–Crippen MR) is 51.6 cm³/mol. The molecule has 0 fully saturated rings. The molecule has 3 nitrogen and oxygen atoms in total. The van der Waals surface area contributed by atoms with Crippen LogP contribution in [0.15, 0.2) is 4.99 Å². The van der Waals surface area contributed by atoms with Crippen molar-refractivity contribution in [1.82, 2.24) is 0 Å². The van der Waals surface area contributed by atoms with Gasteiger partial charge in [-0.15, -0.1) is 0 Å². The fraction of sp³-hybridized carbons (Fsp3) is 0.875. The van der Waals surface area contributed by atoms with Gasteiger partial charge < -0.3 is 9.84 Å². The summed E-state index contributed by atoms with van der Waals surface area (Å²) < 4.78 is 4.90. The van der Waals surface area contributed by atoms with Gasteiger partial charge in [0.05, 0.1) is 10.0 Å². The molecule has 1 heterocycles. The molecule has 1 rings (SSSR count). The summed E-state index contributed by atoms with van der Waals surface area (Å²) in [5.74, 6) is 0. The number of aliphatic imine (C=N–C) groups is 1. The predicted octanol–water partition coefficient (Wildman–Crippen LogP) is 1.69. The first-order valence-electron chi connectivity index (χ1n) is 3.87. The lowest BCUT2D eigenvalue weighted by Gasteiger charge is -2.18. The number of aliphatic hydroxyl groups excluding tert-OH is 1. The SMILES string of the molecule is CC1(C)N=C(C(C)(C)Br)C(O)O1. The van der Waals surface area contributed by atoms with Crippen molar-refractivity contribution < 1.29 is 9.84 Å². The lowest BCUT2D eigenvalue weighted by molar-refractivity contribution is -0.111. The van der Waals surface area contributed by atoms with Gasteiger partial charge in [0.1, 0.15) is 0 Å². The third kappa shape index (κ3) is 2.06. The second-order valence-electron chi connectivity index (χ2n) is 3.89. The quantitative estimate of drug-likeness (QED) is 0.704. The summed E-state index contributed by atoms with van der Waals surface area (Å²) in [7, 11) is 0. The summed E-state index contributed by atoms with van der Waals surface area (Å²) in [4.78, 5) is 4.27. The van der Waals surface area contributed by atoms with Gasteiger partial charge in [-0.05, 0) is 27.7 Å². The van der Waals surface area contributed by atoms with Gasteiger partial charge in [-0.2, -0.15) is 0 Å². The second kappa shape index (κ2) is 2.79. The average Bonchev–Trinajstić information content (AvgIpc) is 2.03. The molecule has 1 aliphatic heterocycles. The van der Waals surface area contributed by atoms with E-state index in [4.69, 9.17) is 4.74 Å². The molecule has 0 bridgehead atoms. The maximum absolute atomic E-state index is 9.48. The van der Waals surface area contributed by atoms with Crippen LogP contribution >= 0.6 is 15.9 Å². The lowest BCUT2D eigenvalue weighted by atomic mass is 10.1. The van der Waals surface area contributed by atoms with E-state index in [2.05, 4.69) is 20.9 Å². The van der Waals surface area contributed by atoms with Crippen LogP contribution in [0.3, 0.4) is 0 Å². The molecule has 12 heavy (non-hydrogen) atoms. The van der Waals surface area contributed by atoms with Crippen LogP contribution in [-0.4, -0.2) is 27.2 Å². The van der Waals surface area contributed by atoms with E-state index in [0.29, 0.717) is 5.71 Å². The average molecular weight is 236 g/mol. The summed E-state index contributed by atoms with van der Waals surface area (Å²) in [6, 6.07) is 0. The van der Waals surface area contributed by atoms with E-state index in [1.807, 2.05) is 27.7 Å². The fourth-order valence-electron chi connectivity index (χ4n) is 1.13. The Hall–Kier alpha value is 0.0700. The van der Waals surface area contributed by atoms with E-state index in [1.54, 1.807) is 0 Å². The van der Waals surface area contributed by atoms with E-state index in [-0.39, 0.29) is 4.32 Å². The second-order valence-corrected chi connectivity index (χ2v) is 5.87. The number of hydrogen-bond donors (Lipinski definition) is 1. The third-order valence-corrected chi connectivity index (χ3v) is 2.04. The highest BCUT2D eigenvalue weighted by molar-refractivity contribution is 9.10. The largest absolute Gasteiger partial charge is 0.363 e. The zero-order chi connectivity index (χ0) is 9.57. The highest BCUT2D eigenvalue weighted by Gasteiger charge is 2.39. The Bertz CT molecular complexity index is 218. The van der Waals surface area contributed by atoms with Crippen molar-refractivity contribution in [2.75, 3.05) is 0 Å². The minimum Gasteiger partial charge on any atom is -0.363 e. The molecule has 0 spiro atoms. The molecule has 1 atom stereocenters. The highest BCUT2D eigenvalue weighted by Crippen LogP contribution is 2.30. The molecule has 70 valence electrons. The molecule has 1 aliphatic rings. The van der Waals surface area contributed by atoms with E-state index in [0.717, 1.165) is 0 Å². The van der Waals surface area contributed by atoms with Crippen LogP contribution in [0.4, 0.5) is 0 Å². The van der Waals surface area contributed by atoms with Gasteiger partial charge >= 0.3 is 0 Å². The normalized spacial score (nSPS) is 28.8. The van der Waals surface area contributed by atoms with Crippen molar-refractivity contribution in [2.45, 2.75) is 44.0 Å². The van der Waals surface area contributed by atoms with Gasteiger partial charge in [0.25, 0.3) is 0 Å². The molecule has 0 saturated heterocycles. The highest BCUT2D eigenvalue weighted by atomic mass is 79.9. The van der Waals surface area contributed by atoms with Crippen molar-refractivity contribution >= 4 is 21.6 Å². The summed E-state index contributed by atoms with van der Waals surface area (Å²) in [6.45, 7) is 7.50. The van der Waals surface area contributed by atoms with Crippen molar-refractivity contribution in [1.29, 1.82) is 0 Å². The minimum absolute atomic E-state index is 0.305. The molecule has 0 aromatic carbocycles. The lowest BCUT2D eigenvalue weighted by Crippen LogP contribution is -2.33. The van der Waals surface area contributed by atoms with Crippen LogP contribution < -0.4 is 0 Å². The molecule has 0 radical (unpaired) electrons. The Morgan fingerprint density at radius 2 is 2.08 bits per heavy atom. The number of rotatable bonds is 1. The number of alkyl halides is 1. The van der Waals surface area contributed by atoms with Gasteiger partial charge in [-0.3, -0.25) is 4.99 Å². The third-order valence-electron chi connectivity index (χ3n) is 1.63. The van der Waals surface area contributed by atoms with Gasteiger partial charge in [0, 0.05) is 0 Å². The number of ether oxygens (including phenoxy) is 1. The van der Waals surface area contributed by atoms with Crippen LogP contribution in [-0.2, 0) is 4.74 Å². The van der Waals surface area contributed by atoms with Crippen LogP contribution in [0.2, 0.25) is 0 Å². The summed E-state index contributed by atoms with van der Waals surface area (Å²) in [5.41, 5.74) is 0.0484. The molecule has 1 unspecified atom stereocenters. The van der Waals surface area contributed by atoms with Gasteiger partial charge in [0.2, 0.25) is 0 Å². The molecule has 0 aliphatic carbocycles. The van der Waals surface area contributed by atoms with E-state index in [1.165, 1.54) is 0 Å². The smallest absolute Gasteiger partial charge is 0.198 e. The molecule has 1 N–H and O–H groups in total. The van der Waals surface area contributed by atoms with E-state index < -0.39 is 12.0 Å². The molecule has 0 amide bonds. The zero-order valence-corrected chi connectivity index (χ0v) is 9.34. The van der Waals surface area contributed by atoms with Crippen molar-refractivity contribution in [2.24, 2.45) is 4.99 Å². The van der Waals surface area contributed by atoms with Crippen LogP contribution in [0.25, 0.3) is 0 Å². The Morgan fingerprint density at radius 3 is 2.25 bits per heavy atom. The maximum Gasteiger partial charge on any atom is 0.198 e. The molecular weight excluding hydrogens is 222 g/mol. The number of hydrogen-bond acceptors (Lipinski definition) is 3. The van der Waals surface area contributed by atoms with Crippen molar-refractivity contribution in [3.05, 3.63) is 0 Å². The first-order valence-corrected chi connectivity index (χ1v) is 4.67. The Morgan fingerprint density at radius 1 is 1.58 bits per heavy atom. The minimum atomic E-state index is -0.880. The van der Waals surface area contributed by atoms with Crippen molar-refractivity contribution in [3.63, 3.8) is 0 Å². The van der Waals surface area contributed by atoms with Crippen molar-refractivity contribution in [3.8, 4) is 0 Å². The monoisotopic (exact) mass is 235 g/mol. The van der Waals surface area contributed by atoms with Gasteiger partial charge in [0.15, 0.2) is 12.0 Å². The number of nitrogens with zero attached hydrogens (tertiary/aromatic N) is 1. The molecule has 0 saturated carbocycles. The fourth-order valence-corrected chi connectivity index (χ4v) is 1.41. The summed E-state index contributed by atoms with van der Waals surface area (Å²) in [6.07, 6.45) is -0.880. The van der Waals surface area contributed by atoms with Crippen LogP contribution in [0.1, 0.15) is 27.7 Å². The number of halogens is 1. The number of aliphatic hydroxyl groups is 1. The van der Waals surface area contributed by atoms with Crippen LogP contribution in [0, 0.1) is 0 Å².